The molecule has 7 rings (SSSR count). The molecule has 0 unspecified atom stereocenters. The highest BCUT2D eigenvalue weighted by Crippen LogP contribution is 2.42. The van der Waals surface area contributed by atoms with Crippen LogP contribution < -0.4 is 30.5 Å². The number of nitrogens with zero attached hydrogens (tertiary/aromatic N) is 2. The Kier molecular flexibility index (Phi) is 11.0. The predicted molar refractivity (Wildman–Crippen MR) is 272 cm³/mol. The van der Waals surface area contributed by atoms with Crippen LogP contribution in [0.1, 0.15) is 11.1 Å². The summed E-state index contributed by atoms with van der Waals surface area (Å²) in [5, 5.41) is 11.3. The molecule has 0 atom stereocenters. The van der Waals surface area contributed by atoms with E-state index in [1.807, 2.05) is 0 Å². The van der Waals surface area contributed by atoms with Crippen molar-refractivity contribution in [2.24, 2.45) is 0 Å². The van der Waals surface area contributed by atoms with Crippen LogP contribution in [0.4, 0.5) is 34.1 Å². The lowest BCUT2D eigenvalue weighted by Crippen LogP contribution is -2.45. The molecule has 0 amide bonds. The SMILES string of the molecule is Cc1c2ccc(N(c3ccccc3)c3cc([Si](C)(C)C)cc([Si](C)(C)C)c3)cc2c(C)c2ccc(N(c3ccccc3)c3cc([Si](C)(C)C)cc([Si](C)(C)C)c3)cc12. The van der Waals surface area contributed by atoms with Gasteiger partial charge in [-0.2, -0.15) is 0 Å². The standard InChI is InChI=1S/C52H64N2Si4/c1-37-49-27-25-42(54(40-23-19-16-20-24-40)44-31-47(57(9,10)11)36-48(32-44)58(12,13)14)34-52(49)38(2)50-28-26-41(33-51(37)50)53(39-21-17-15-18-22-39)43-29-45(55(3,4)5)35-46(30-43)56(6,7)8/h15-36H,1-14H3. The molecule has 6 heteroatoms. The summed E-state index contributed by atoms with van der Waals surface area (Å²) in [6, 6.07) is 51.3. The van der Waals surface area contributed by atoms with E-state index in [1.54, 1.807) is 0 Å². The Morgan fingerprint density at radius 3 is 0.845 bits per heavy atom. The summed E-state index contributed by atoms with van der Waals surface area (Å²) in [5.74, 6) is 0. The van der Waals surface area contributed by atoms with Gasteiger partial charge in [0.25, 0.3) is 0 Å². The van der Waals surface area contributed by atoms with Crippen LogP contribution in [0.3, 0.4) is 0 Å². The number of anilines is 6. The van der Waals surface area contributed by atoms with Gasteiger partial charge in [0.15, 0.2) is 0 Å². The molecular weight excluding hydrogens is 765 g/mol. The molecule has 0 aliphatic carbocycles. The molecule has 0 heterocycles. The zero-order valence-electron chi connectivity index (χ0n) is 37.6. The minimum absolute atomic E-state index is 1.19. The van der Waals surface area contributed by atoms with Gasteiger partial charge < -0.3 is 9.80 Å². The first-order valence-corrected chi connectivity index (χ1v) is 35.1. The molecule has 7 aromatic carbocycles. The van der Waals surface area contributed by atoms with Crippen molar-refractivity contribution in [1.29, 1.82) is 0 Å². The maximum Gasteiger partial charge on any atom is 0.0776 e. The van der Waals surface area contributed by atoms with Crippen LogP contribution >= 0.6 is 0 Å². The average molecular weight is 829 g/mol. The van der Waals surface area contributed by atoms with Crippen LogP contribution in [-0.4, -0.2) is 32.3 Å². The van der Waals surface area contributed by atoms with Crippen molar-refractivity contribution in [1.82, 2.24) is 0 Å². The van der Waals surface area contributed by atoms with Gasteiger partial charge in [0, 0.05) is 34.1 Å². The van der Waals surface area contributed by atoms with Crippen molar-refractivity contribution in [3.63, 3.8) is 0 Å². The Morgan fingerprint density at radius 1 is 0.276 bits per heavy atom. The van der Waals surface area contributed by atoms with E-state index in [4.69, 9.17) is 0 Å². The molecule has 0 saturated heterocycles. The fraction of sp³-hybridized carbons (Fsp3) is 0.269. The van der Waals surface area contributed by atoms with Crippen molar-refractivity contribution in [3.8, 4) is 0 Å². The normalized spacial score (nSPS) is 12.7. The maximum atomic E-state index is 2.53. The Balaban J connectivity index is 1.43. The first-order chi connectivity index (χ1) is 27.1. The topological polar surface area (TPSA) is 6.48 Å². The molecule has 0 aliphatic heterocycles. The second kappa shape index (κ2) is 15.3. The maximum absolute atomic E-state index is 2.53. The second-order valence-corrected chi connectivity index (χ2v) is 40.9. The molecule has 0 radical (unpaired) electrons. The molecule has 7 aromatic rings. The fourth-order valence-electron chi connectivity index (χ4n) is 8.17. The third-order valence-corrected chi connectivity index (χ3v) is 20.1. The van der Waals surface area contributed by atoms with Crippen LogP contribution in [0, 0.1) is 13.8 Å². The highest BCUT2D eigenvalue weighted by atomic mass is 28.3. The molecule has 0 saturated carbocycles. The summed E-state index contributed by atoms with van der Waals surface area (Å²) in [7, 11) is -6.39. The number of rotatable bonds is 10. The van der Waals surface area contributed by atoms with E-state index in [2.05, 4.69) is 236 Å². The van der Waals surface area contributed by atoms with Crippen molar-refractivity contribution in [3.05, 3.63) is 145 Å². The van der Waals surface area contributed by atoms with E-state index in [-0.39, 0.29) is 0 Å². The van der Waals surface area contributed by atoms with Gasteiger partial charge in [-0.05, 0) is 119 Å². The van der Waals surface area contributed by atoms with Crippen LogP contribution in [0.15, 0.2) is 133 Å². The monoisotopic (exact) mass is 828 g/mol. The Labute approximate surface area is 353 Å². The minimum Gasteiger partial charge on any atom is -0.310 e. The van der Waals surface area contributed by atoms with E-state index in [0.717, 1.165) is 0 Å². The molecule has 0 spiro atoms. The van der Waals surface area contributed by atoms with Crippen LogP contribution in [0.2, 0.25) is 78.6 Å². The molecule has 0 aliphatic rings. The molecular formula is C52H64N2Si4. The van der Waals surface area contributed by atoms with E-state index in [0.29, 0.717) is 0 Å². The van der Waals surface area contributed by atoms with E-state index < -0.39 is 32.3 Å². The van der Waals surface area contributed by atoms with Crippen LogP contribution in [0.5, 0.6) is 0 Å². The fourth-order valence-corrected chi connectivity index (χ4v) is 13.1. The van der Waals surface area contributed by atoms with Crippen LogP contribution in [-0.2, 0) is 0 Å². The Hall–Kier alpha value is -4.47. The van der Waals surface area contributed by atoms with Crippen LogP contribution in [0.25, 0.3) is 21.5 Å². The summed E-state index contributed by atoms with van der Waals surface area (Å²) in [6.45, 7) is 34.3. The van der Waals surface area contributed by atoms with Gasteiger partial charge in [0.05, 0.1) is 32.3 Å². The zero-order valence-corrected chi connectivity index (χ0v) is 41.6. The Bertz CT molecular complexity index is 2370. The largest absolute Gasteiger partial charge is 0.310 e. The van der Waals surface area contributed by atoms with Crippen molar-refractivity contribution in [2.45, 2.75) is 92.4 Å². The van der Waals surface area contributed by atoms with Gasteiger partial charge in [-0.3, -0.25) is 0 Å². The summed E-state index contributed by atoms with van der Waals surface area (Å²) in [4.78, 5) is 4.99. The Morgan fingerprint density at radius 2 is 0.569 bits per heavy atom. The number of hydrogen-bond acceptors (Lipinski definition) is 2. The van der Waals surface area contributed by atoms with Gasteiger partial charge in [0.2, 0.25) is 0 Å². The predicted octanol–water partition coefficient (Wildman–Crippen LogP) is 13.7. The van der Waals surface area contributed by atoms with Gasteiger partial charge in [0.1, 0.15) is 0 Å². The molecule has 0 N–H and O–H groups in total. The van der Waals surface area contributed by atoms with E-state index in [9.17, 15) is 0 Å². The van der Waals surface area contributed by atoms with Gasteiger partial charge >= 0.3 is 0 Å². The first kappa shape index (κ1) is 41.7. The molecule has 0 fully saturated rings. The van der Waals surface area contributed by atoms with E-state index in [1.165, 1.54) is 87.5 Å². The summed E-state index contributed by atoms with van der Waals surface area (Å²) >= 11 is 0. The third kappa shape index (κ3) is 8.35. The highest BCUT2D eigenvalue weighted by Gasteiger charge is 2.27. The lowest BCUT2D eigenvalue weighted by molar-refractivity contribution is 1.29. The summed E-state index contributed by atoms with van der Waals surface area (Å²) < 4.78 is 0. The van der Waals surface area contributed by atoms with Gasteiger partial charge in [-0.1, -0.05) is 160 Å². The molecule has 2 nitrogen and oxygen atoms in total. The average Bonchev–Trinajstić information content (AvgIpc) is 3.16. The molecule has 0 bridgehead atoms. The molecule has 298 valence electrons. The summed E-state index contributed by atoms with van der Waals surface area (Å²) in [5.41, 5.74) is 9.94. The second-order valence-electron chi connectivity index (χ2n) is 20.6. The lowest BCUT2D eigenvalue weighted by atomic mass is 9.92. The number of benzene rings is 7. The summed E-state index contributed by atoms with van der Waals surface area (Å²) in [6.07, 6.45) is 0. The van der Waals surface area contributed by atoms with Crippen molar-refractivity contribution in [2.75, 3.05) is 9.80 Å². The number of para-hydroxylation sites is 2. The number of aryl methyl sites for hydroxylation is 2. The highest BCUT2D eigenvalue weighted by molar-refractivity contribution is 6.92. The minimum atomic E-state index is -1.60. The van der Waals surface area contributed by atoms with Crippen molar-refractivity contribution < 1.29 is 0 Å². The van der Waals surface area contributed by atoms with Crippen molar-refractivity contribution >= 4 is 109 Å². The number of hydrogen-bond donors (Lipinski definition) is 0. The van der Waals surface area contributed by atoms with Gasteiger partial charge in [-0.25, -0.2) is 0 Å². The molecule has 58 heavy (non-hydrogen) atoms. The van der Waals surface area contributed by atoms with E-state index >= 15 is 0 Å². The lowest BCUT2D eigenvalue weighted by Gasteiger charge is -2.31. The quantitative estimate of drug-likeness (QED) is 0.100. The van der Waals surface area contributed by atoms with Gasteiger partial charge in [-0.15, -0.1) is 0 Å². The molecule has 0 aromatic heterocycles. The smallest absolute Gasteiger partial charge is 0.0776 e. The first-order valence-electron chi connectivity index (χ1n) is 21.1. The number of fused-ring (bicyclic) bond motifs is 2. The zero-order chi connectivity index (χ0) is 41.9. The third-order valence-electron chi connectivity index (χ3n) is 12.0.